The molecule has 2 aromatic rings. The summed E-state index contributed by atoms with van der Waals surface area (Å²) >= 11 is 1.99. The van der Waals surface area contributed by atoms with E-state index in [1.165, 1.54) is 29.2 Å². The molecule has 2 rings (SSSR count). The molecule has 0 saturated heterocycles. The second-order valence-corrected chi connectivity index (χ2v) is 6.65. The molecule has 0 atom stereocenters. The van der Waals surface area contributed by atoms with Gasteiger partial charge in [-0.1, -0.05) is 50.2 Å². The number of thioether (sulfide) groups is 1. The molecule has 0 amide bonds. The second kappa shape index (κ2) is 7.14. The van der Waals surface area contributed by atoms with Crippen LogP contribution in [0.1, 0.15) is 32.3 Å². The van der Waals surface area contributed by atoms with Crippen LogP contribution in [-0.4, -0.2) is 17.5 Å². The van der Waals surface area contributed by atoms with Gasteiger partial charge in [0.2, 0.25) is 0 Å². The van der Waals surface area contributed by atoms with E-state index in [1.54, 1.807) is 0 Å². The van der Waals surface area contributed by atoms with Crippen molar-refractivity contribution in [1.29, 1.82) is 0 Å². The van der Waals surface area contributed by atoms with Gasteiger partial charge in [-0.15, -0.1) is 0 Å². The lowest BCUT2D eigenvalue weighted by atomic mass is 10.0. The SMILES string of the molecule is CCC(CC)(CNCc1ccc2ccccc2c1)SC. The van der Waals surface area contributed by atoms with Gasteiger partial charge in [-0.2, -0.15) is 11.8 Å². The molecule has 1 N–H and O–H groups in total. The smallest absolute Gasteiger partial charge is 0.0276 e. The standard InChI is InChI=1S/C18H25NS/c1-4-18(5-2,20-3)14-19-13-15-10-11-16-8-6-7-9-17(16)12-15/h6-12,19H,4-5,13-14H2,1-3H3. The fourth-order valence-electron chi connectivity index (χ4n) is 2.64. The first-order valence-corrected chi connectivity index (χ1v) is 8.69. The Kier molecular flexibility index (Phi) is 5.50. The highest BCUT2D eigenvalue weighted by Gasteiger charge is 2.23. The van der Waals surface area contributed by atoms with E-state index in [9.17, 15) is 0 Å². The highest BCUT2D eigenvalue weighted by atomic mass is 32.2. The third-order valence-corrected chi connectivity index (χ3v) is 5.90. The fraction of sp³-hybridized carbons (Fsp3) is 0.444. The molecule has 0 aliphatic heterocycles. The van der Waals surface area contributed by atoms with Crippen LogP contribution in [0.25, 0.3) is 10.8 Å². The molecule has 0 aliphatic rings. The van der Waals surface area contributed by atoms with Crippen LogP contribution in [0, 0.1) is 0 Å². The van der Waals surface area contributed by atoms with E-state index >= 15 is 0 Å². The number of hydrogen-bond acceptors (Lipinski definition) is 2. The lowest BCUT2D eigenvalue weighted by Crippen LogP contribution is -2.36. The Balaban J connectivity index is 1.99. The van der Waals surface area contributed by atoms with E-state index < -0.39 is 0 Å². The number of nitrogens with one attached hydrogen (secondary N) is 1. The first-order chi connectivity index (χ1) is 9.73. The van der Waals surface area contributed by atoms with Gasteiger partial charge in [0.05, 0.1) is 0 Å². The summed E-state index contributed by atoms with van der Waals surface area (Å²) in [6.45, 7) is 6.61. The van der Waals surface area contributed by atoms with E-state index in [4.69, 9.17) is 0 Å². The molecule has 0 radical (unpaired) electrons. The van der Waals surface area contributed by atoms with E-state index in [0.717, 1.165) is 13.1 Å². The minimum Gasteiger partial charge on any atom is -0.311 e. The first kappa shape index (κ1) is 15.4. The lowest BCUT2D eigenvalue weighted by molar-refractivity contribution is 0.495. The molecule has 2 heteroatoms. The van der Waals surface area contributed by atoms with Crippen LogP contribution in [0.5, 0.6) is 0 Å². The van der Waals surface area contributed by atoms with Crippen molar-refractivity contribution in [2.75, 3.05) is 12.8 Å². The van der Waals surface area contributed by atoms with Gasteiger partial charge in [0, 0.05) is 17.8 Å². The van der Waals surface area contributed by atoms with Gasteiger partial charge in [0.1, 0.15) is 0 Å². The summed E-state index contributed by atoms with van der Waals surface area (Å²) in [4.78, 5) is 0. The summed E-state index contributed by atoms with van der Waals surface area (Å²) in [6.07, 6.45) is 4.66. The number of hydrogen-bond donors (Lipinski definition) is 1. The zero-order chi connectivity index (χ0) is 14.4. The maximum atomic E-state index is 3.64. The predicted molar refractivity (Wildman–Crippen MR) is 92.5 cm³/mol. The molecule has 0 aromatic heterocycles. The largest absolute Gasteiger partial charge is 0.311 e. The molecule has 0 heterocycles. The molecule has 0 spiro atoms. The van der Waals surface area contributed by atoms with Crippen LogP contribution in [0.4, 0.5) is 0 Å². The zero-order valence-electron chi connectivity index (χ0n) is 12.8. The third kappa shape index (κ3) is 3.56. The average Bonchev–Trinajstić information content (AvgIpc) is 2.52. The Morgan fingerprint density at radius 1 is 1.00 bits per heavy atom. The van der Waals surface area contributed by atoms with Gasteiger partial charge in [-0.25, -0.2) is 0 Å². The molecule has 0 bridgehead atoms. The quantitative estimate of drug-likeness (QED) is 0.781. The van der Waals surface area contributed by atoms with E-state index in [-0.39, 0.29) is 0 Å². The number of rotatable bonds is 7. The Hall–Kier alpha value is -0.990. The summed E-state index contributed by atoms with van der Waals surface area (Å²) in [5.74, 6) is 0. The Morgan fingerprint density at radius 3 is 2.35 bits per heavy atom. The highest BCUT2D eigenvalue weighted by molar-refractivity contribution is 8.00. The topological polar surface area (TPSA) is 12.0 Å². The summed E-state index contributed by atoms with van der Waals surface area (Å²) in [6, 6.07) is 15.3. The Morgan fingerprint density at radius 2 is 1.70 bits per heavy atom. The fourth-order valence-corrected chi connectivity index (χ4v) is 3.47. The molecule has 0 saturated carbocycles. The van der Waals surface area contributed by atoms with Crippen molar-refractivity contribution >= 4 is 22.5 Å². The summed E-state index contributed by atoms with van der Waals surface area (Å²) < 4.78 is 0.386. The molecular weight excluding hydrogens is 262 g/mol. The molecular formula is C18H25NS. The van der Waals surface area contributed by atoms with Crippen molar-refractivity contribution < 1.29 is 0 Å². The molecule has 0 fully saturated rings. The van der Waals surface area contributed by atoms with Gasteiger partial charge < -0.3 is 5.32 Å². The van der Waals surface area contributed by atoms with Gasteiger partial charge in [0.25, 0.3) is 0 Å². The van der Waals surface area contributed by atoms with Crippen molar-refractivity contribution in [3.8, 4) is 0 Å². The van der Waals surface area contributed by atoms with Gasteiger partial charge in [-0.05, 0) is 41.5 Å². The maximum absolute atomic E-state index is 3.64. The Labute approximate surface area is 127 Å². The zero-order valence-corrected chi connectivity index (χ0v) is 13.6. The van der Waals surface area contributed by atoms with Crippen molar-refractivity contribution in [2.45, 2.75) is 38.0 Å². The molecule has 108 valence electrons. The van der Waals surface area contributed by atoms with Crippen LogP contribution < -0.4 is 5.32 Å². The van der Waals surface area contributed by atoms with Crippen LogP contribution in [0.15, 0.2) is 42.5 Å². The van der Waals surface area contributed by atoms with Gasteiger partial charge >= 0.3 is 0 Å². The maximum Gasteiger partial charge on any atom is 0.0276 e. The van der Waals surface area contributed by atoms with Gasteiger partial charge in [-0.3, -0.25) is 0 Å². The summed E-state index contributed by atoms with van der Waals surface area (Å²) in [5, 5.41) is 6.28. The van der Waals surface area contributed by atoms with E-state index in [2.05, 4.69) is 67.9 Å². The minimum atomic E-state index is 0.386. The second-order valence-electron chi connectivity index (χ2n) is 5.38. The molecule has 0 aliphatic carbocycles. The Bertz CT molecular complexity index is 538. The van der Waals surface area contributed by atoms with Crippen molar-refractivity contribution in [3.05, 3.63) is 48.0 Å². The lowest BCUT2D eigenvalue weighted by Gasteiger charge is -2.30. The van der Waals surface area contributed by atoms with Crippen LogP contribution in [0.3, 0.4) is 0 Å². The average molecular weight is 287 g/mol. The van der Waals surface area contributed by atoms with E-state index in [0.29, 0.717) is 4.75 Å². The molecule has 0 unspecified atom stereocenters. The monoisotopic (exact) mass is 287 g/mol. The summed E-state index contributed by atoms with van der Waals surface area (Å²) in [7, 11) is 0. The number of fused-ring (bicyclic) bond motifs is 1. The van der Waals surface area contributed by atoms with Crippen molar-refractivity contribution in [3.63, 3.8) is 0 Å². The normalized spacial score (nSPS) is 11.9. The molecule has 1 nitrogen and oxygen atoms in total. The van der Waals surface area contributed by atoms with Crippen LogP contribution in [0.2, 0.25) is 0 Å². The van der Waals surface area contributed by atoms with Crippen LogP contribution >= 0.6 is 11.8 Å². The predicted octanol–water partition coefficient (Wildman–Crippen LogP) is 4.85. The summed E-state index contributed by atoms with van der Waals surface area (Å²) in [5.41, 5.74) is 1.37. The van der Waals surface area contributed by atoms with Crippen molar-refractivity contribution in [2.24, 2.45) is 0 Å². The molecule has 20 heavy (non-hydrogen) atoms. The van der Waals surface area contributed by atoms with Crippen molar-refractivity contribution in [1.82, 2.24) is 5.32 Å². The van der Waals surface area contributed by atoms with E-state index in [1.807, 2.05) is 11.8 Å². The molecule has 2 aromatic carbocycles. The highest BCUT2D eigenvalue weighted by Crippen LogP contribution is 2.29. The van der Waals surface area contributed by atoms with Gasteiger partial charge in [0.15, 0.2) is 0 Å². The number of benzene rings is 2. The third-order valence-electron chi connectivity index (χ3n) is 4.31. The van der Waals surface area contributed by atoms with Crippen LogP contribution in [-0.2, 0) is 6.54 Å². The first-order valence-electron chi connectivity index (χ1n) is 7.46. The minimum absolute atomic E-state index is 0.386.